The van der Waals surface area contributed by atoms with Crippen LogP contribution in [0.5, 0.6) is 0 Å². The molecule has 1 saturated heterocycles. The van der Waals surface area contributed by atoms with Crippen molar-refractivity contribution in [2.24, 2.45) is 11.7 Å². The fourth-order valence-corrected chi connectivity index (χ4v) is 8.20. The van der Waals surface area contributed by atoms with Crippen molar-refractivity contribution in [3.05, 3.63) is 89.9 Å². The van der Waals surface area contributed by atoms with Gasteiger partial charge in [0, 0.05) is 31.1 Å². The Hall–Kier alpha value is -6.23. The molecule has 17 heteroatoms. The molecule has 4 atom stereocenters. The van der Waals surface area contributed by atoms with Gasteiger partial charge in [0.1, 0.15) is 24.3 Å². The minimum absolute atomic E-state index is 0.0183. The lowest BCUT2D eigenvalue weighted by molar-refractivity contribution is -0.142. The van der Waals surface area contributed by atoms with Crippen LogP contribution in [0.3, 0.4) is 0 Å². The van der Waals surface area contributed by atoms with Crippen molar-refractivity contribution < 1.29 is 38.6 Å². The number of nitrogens with one attached hydrogen (secondary N) is 3. The molecule has 17 nitrogen and oxygen atoms in total. The normalized spacial score (nSPS) is 17.9. The number of nitrogens with zero attached hydrogens (tertiary/aromatic N) is 5. The summed E-state index contributed by atoms with van der Waals surface area (Å²) in [7, 11) is 0. The van der Waals surface area contributed by atoms with E-state index < -0.39 is 65.3 Å². The summed E-state index contributed by atoms with van der Waals surface area (Å²) in [6.45, 7) is 3.42. The van der Waals surface area contributed by atoms with Crippen molar-refractivity contribution in [2.75, 3.05) is 13.1 Å². The number of rotatable bonds is 18. The molecule has 2 fully saturated rings. The fraction of sp³-hybridized carbons (Fsp3) is 0.477. The summed E-state index contributed by atoms with van der Waals surface area (Å²) in [5.41, 5.74) is 6.25. The molecule has 61 heavy (non-hydrogen) atoms. The Kier molecular flexibility index (Phi) is 14.8. The number of benzene rings is 2. The zero-order chi connectivity index (χ0) is 43.5. The summed E-state index contributed by atoms with van der Waals surface area (Å²) < 4.78 is 6.73. The number of alkyl carbamates (subject to hydrolysis) is 1. The third kappa shape index (κ3) is 11.7. The number of carbonyl (C=O) groups is 6. The lowest BCUT2D eigenvalue weighted by Crippen LogP contribution is -2.56. The fourth-order valence-electron chi connectivity index (χ4n) is 8.20. The van der Waals surface area contributed by atoms with Crippen molar-refractivity contribution >= 4 is 46.4 Å². The molecule has 6 N–H and O–H groups in total. The standard InChI is InChI=1S/C44H55N9O8/c1-44(2,60)37-25-48-51-53(37)32-23-36(41(57)49-34(38(54)39(45)55)19-11-12-20-46-43(59)61-27-29-15-7-4-8-16-29)52(26-32)42(58)35(21-28-13-5-3-6-14-28)50-40(56)31-22-30-17-9-10-18-33(30)47-24-31/h4,7-10,15-18,22,24-25,28,32,34-36,60H,3,5-6,11-14,19-21,23,26-27H2,1-2H3,(H2,45,55)(H,46,59)(H,49,57)(H,50,56)/t32-,34?,35+,36-/m0/s1. The van der Waals surface area contributed by atoms with Crippen LogP contribution >= 0.6 is 0 Å². The lowest BCUT2D eigenvalue weighted by atomic mass is 9.84. The Balaban J connectivity index is 1.19. The number of likely N-dealkylation sites (tertiary alicyclic amines) is 1. The van der Waals surface area contributed by atoms with Crippen LogP contribution in [0.15, 0.2) is 73.1 Å². The van der Waals surface area contributed by atoms with E-state index in [1.54, 1.807) is 19.9 Å². The molecule has 0 spiro atoms. The van der Waals surface area contributed by atoms with E-state index >= 15 is 0 Å². The first-order chi connectivity index (χ1) is 29.3. The molecule has 1 unspecified atom stereocenters. The molecule has 0 bridgehead atoms. The predicted octanol–water partition coefficient (Wildman–Crippen LogP) is 3.60. The molecule has 1 aliphatic heterocycles. The molecule has 6 rings (SSSR count). The van der Waals surface area contributed by atoms with Crippen molar-refractivity contribution in [2.45, 2.75) is 114 Å². The summed E-state index contributed by atoms with van der Waals surface area (Å²) in [6.07, 6.45) is 8.22. The monoisotopic (exact) mass is 837 g/mol. The number of Topliss-reactive ketones (excluding diaryl/α,β-unsaturated/α-hetero) is 1. The first kappa shape index (κ1) is 44.3. The van der Waals surface area contributed by atoms with Gasteiger partial charge in [0.05, 0.1) is 35.1 Å². The molecule has 3 heterocycles. The number of fused-ring (bicyclic) bond motifs is 1. The topological polar surface area (TPSA) is 241 Å². The lowest BCUT2D eigenvalue weighted by Gasteiger charge is -2.32. The maximum Gasteiger partial charge on any atom is 0.407 e. The number of ether oxygens (including phenoxy) is 1. The van der Waals surface area contributed by atoms with Gasteiger partial charge in [0.15, 0.2) is 0 Å². The van der Waals surface area contributed by atoms with Crippen LogP contribution in [0.25, 0.3) is 10.9 Å². The van der Waals surface area contributed by atoms with Gasteiger partial charge in [0.2, 0.25) is 17.6 Å². The second-order valence-corrected chi connectivity index (χ2v) is 16.5. The van der Waals surface area contributed by atoms with E-state index in [0.29, 0.717) is 30.5 Å². The summed E-state index contributed by atoms with van der Waals surface area (Å²) >= 11 is 0. The molecular weight excluding hydrogens is 783 g/mol. The molecule has 2 aromatic carbocycles. The number of para-hydroxylation sites is 1. The summed E-state index contributed by atoms with van der Waals surface area (Å²) in [6, 6.07) is 14.2. The molecule has 0 radical (unpaired) electrons. The first-order valence-corrected chi connectivity index (χ1v) is 21.0. The van der Waals surface area contributed by atoms with E-state index in [1.807, 2.05) is 54.6 Å². The smallest absolute Gasteiger partial charge is 0.407 e. The minimum Gasteiger partial charge on any atom is -0.445 e. The number of hydrogen-bond donors (Lipinski definition) is 5. The molecule has 1 aliphatic carbocycles. The van der Waals surface area contributed by atoms with E-state index in [-0.39, 0.29) is 44.0 Å². The highest BCUT2D eigenvalue weighted by Gasteiger charge is 2.45. The zero-order valence-corrected chi connectivity index (χ0v) is 34.6. The second-order valence-electron chi connectivity index (χ2n) is 16.5. The van der Waals surface area contributed by atoms with E-state index in [4.69, 9.17) is 10.5 Å². The van der Waals surface area contributed by atoms with Crippen LogP contribution in [0.2, 0.25) is 0 Å². The molecule has 324 valence electrons. The SMILES string of the molecule is CC(C)(O)c1cnnn1[C@H]1C[C@@H](C(=O)NC(CCCCNC(=O)OCc2ccccc2)C(=O)C(N)=O)N(C(=O)[C@@H](CC2CCCCC2)NC(=O)c2cnc3ccccc3c2)C1. The van der Waals surface area contributed by atoms with Crippen LogP contribution in [0.4, 0.5) is 4.79 Å². The van der Waals surface area contributed by atoms with Gasteiger partial charge >= 0.3 is 6.09 Å². The van der Waals surface area contributed by atoms with E-state index in [0.717, 1.165) is 43.1 Å². The van der Waals surface area contributed by atoms with Gasteiger partial charge < -0.3 is 36.4 Å². The number of pyridine rings is 1. The maximum absolute atomic E-state index is 14.9. The molecule has 2 aromatic heterocycles. The number of nitrogens with two attached hydrogens (primary N) is 1. The molecular formula is C44H55N9O8. The average molecular weight is 838 g/mol. The first-order valence-electron chi connectivity index (χ1n) is 21.0. The Labute approximate surface area is 354 Å². The number of amides is 5. The molecule has 1 saturated carbocycles. The highest BCUT2D eigenvalue weighted by Crippen LogP contribution is 2.34. The number of carbonyl (C=O) groups excluding carboxylic acids is 6. The van der Waals surface area contributed by atoms with Crippen molar-refractivity contribution in [1.29, 1.82) is 0 Å². The van der Waals surface area contributed by atoms with Gasteiger partial charge in [-0.15, -0.1) is 5.10 Å². The number of hydrogen-bond acceptors (Lipinski definition) is 11. The van der Waals surface area contributed by atoms with Crippen LogP contribution in [0, 0.1) is 5.92 Å². The Bertz CT molecular complexity index is 2180. The van der Waals surface area contributed by atoms with Gasteiger partial charge in [-0.1, -0.05) is 85.8 Å². The van der Waals surface area contributed by atoms with Gasteiger partial charge in [0.25, 0.3) is 11.8 Å². The average Bonchev–Trinajstić information content (AvgIpc) is 3.94. The maximum atomic E-state index is 14.9. The second kappa shape index (κ2) is 20.4. The molecule has 4 aromatic rings. The van der Waals surface area contributed by atoms with E-state index in [1.165, 1.54) is 22.0 Å². The highest BCUT2D eigenvalue weighted by atomic mass is 16.5. The largest absolute Gasteiger partial charge is 0.445 e. The molecule has 5 amide bonds. The van der Waals surface area contributed by atoms with Gasteiger partial charge in [-0.05, 0) is 63.1 Å². The van der Waals surface area contributed by atoms with Gasteiger partial charge in [-0.3, -0.25) is 29.0 Å². The summed E-state index contributed by atoms with van der Waals surface area (Å²) in [5.74, 6) is -3.79. The van der Waals surface area contributed by atoms with Crippen molar-refractivity contribution in [3.63, 3.8) is 0 Å². The number of ketones is 1. The predicted molar refractivity (Wildman–Crippen MR) is 223 cm³/mol. The third-order valence-electron chi connectivity index (χ3n) is 11.4. The van der Waals surface area contributed by atoms with E-state index in [2.05, 4.69) is 31.2 Å². The van der Waals surface area contributed by atoms with Crippen LogP contribution in [-0.4, -0.2) is 96.7 Å². The number of aliphatic hydroxyl groups is 1. The van der Waals surface area contributed by atoms with Crippen LogP contribution in [-0.2, 0) is 36.1 Å². The summed E-state index contributed by atoms with van der Waals surface area (Å²) in [5, 5.41) is 28.3. The van der Waals surface area contributed by atoms with Crippen LogP contribution < -0.4 is 21.7 Å². The Morgan fingerprint density at radius 2 is 1.67 bits per heavy atom. The van der Waals surface area contributed by atoms with Crippen molar-refractivity contribution in [3.8, 4) is 0 Å². The van der Waals surface area contributed by atoms with Gasteiger partial charge in [-0.2, -0.15) is 0 Å². The van der Waals surface area contributed by atoms with Crippen LogP contribution in [0.1, 0.15) is 106 Å². The van der Waals surface area contributed by atoms with E-state index in [9.17, 15) is 33.9 Å². The number of unbranched alkanes of at least 4 members (excludes halogenated alkanes) is 1. The van der Waals surface area contributed by atoms with Crippen molar-refractivity contribution in [1.82, 2.24) is 40.8 Å². The highest BCUT2D eigenvalue weighted by molar-refractivity contribution is 6.37. The summed E-state index contributed by atoms with van der Waals surface area (Å²) in [4.78, 5) is 86.5. The zero-order valence-electron chi connectivity index (χ0n) is 34.6. The minimum atomic E-state index is -1.36. The van der Waals surface area contributed by atoms with Gasteiger partial charge in [-0.25, -0.2) is 9.48 Å². The molecule has 2 aliphatic rings. The number of aromatic nitrogens is 4. The Morgan fingerprint density at radius 3 is 2.41 bits per heavy atom. The Morgan fingerprint density at radius 1 is 0.934 bits per heavy atom. The third-order valence-corrected chi connectivity index (χ3v) is 11.4. The number of primary amides is 1. The quantitative estimate of drug-likeness (QED) is 0.0717.